The maximum Gasteiger partial charge on any atom is 0.268 e. The summed E-state index contributed by atoms with van der Waals surface area (Å²) in [6, 6.07) is 20.0. The summed E-state index contributed by atoms with van der Waals surface area (Å²) in [4.78, 5) is 17.7. The lowest BCUT2D eigenvalue weighted by Crippen LogP contribution is -2.27. The van der Waals surface area contributed by atoms with Gasteiger partial charge in [0.15, 0.2) is 5.58 Å². The normalized spacial score (nSPS) is 11.4. The van der Waals surface area contributed by atoms with E-state index in [2.05, 4.69) is 41.5 Å². The molecule has 0 aliphatic carbocycles. The van der Waals surface area contributed by atoms with E-state index in [0.29, 0.717) is 24.4 Å². The highest BCUT2D eigenvalue weighted by atomic mass is 16.3. The number of aryl methyl sites for hydroxylation is 2. The Morgan fingerprint density at radius 2 is 1.87 bits per heavy atom. The van der Waals surface area contributed by atoms with Crippen molar-refractivity contribution >= 4 is 28.0 Å². The van der Waals surface area contributed by atoms with Crippen molar-refractivity contribution in [2.75, 3.05) is 0 Å². The van der Waals surface area contributed by atoms with Crippen LogP contribution in [-0.4, -0.2) is 20.0 Å². The molecule has 3 heterocycles. The Kier molecular flexibility index (Phi) is 4.39. The van der Waals surface area contributed by atoms with Crippen LogP contribution >= 0.6 is 0 Å². The molecule has 6 nitrogen and oxygen atoms in total. The van der Waals surface area contributed by atoms with Gasteiger partial charge in [-0.25, -0.2) is 4.98 Å². The van der Waals surface area contributed by atoms with E-state index < -0.39 is 0 Å². The Balaban J connectivity index is 1.42. The number of hydrogen-bond donors (Lipinski definition) is 1. The van der Waals surface area contributed by atoms with Gasteiger partial charge >= 0.3 is 0 Å². The predicted octanol–water partition coefficient (Wildman–Crippen LogP) is 4.41. The monoisotopic (exact) mass is 398 g/mol. The van der Waals surface area contributed by atoms with Crippen LogP contribution in [0.3, 0.4) is 0 Å². The van der Waals surface area contributed by atoms with Gasteiger partial charge in [-0.3, -0.25) is 4.79 Å². The van der Waals surface area contributed by atoms with Crippen LogP contribution in [-0.2, 0) is 20.1 Å². The van der Waals surface area contributed by atoms with Crippen molar-refractivity contribution in [3.05, 3.63) is 89.6 Å². The van der Waals surface area contributed by atoms with E-state index >= 15 is 0 Å². The van der Waals surface area contributed by atoms with Crippen LogP contribution in [0.2, 0.25) is 0 Å². The number of benzene rings is 2. The average molecular weight is 398 g/mol. The minimum atomic E-state index is -0.152. The maximum absolute atomic E-state index is 13.1. The zero-order valence-electron chi connectivity index (χ0n) is 16.9. The van der Waals surface area contributed by atoms with E-state index in [1.807, 2.05) is 46.5 Å². The molecule has 30 heavy (non-hydrogen) atoms. The Hall–Kier alpha value is -3.80. The van der Waals surface area contributed by atoms with Crippen LogP contribution in [0.25, 0.3) is 22.1 Å². The molecule has 0 spiro atoms. The fourth-order valence-corrected chi connectivity index (χ4v) is 3.82. The second-order valence-electron chi connectivity index (χ2n) is 7.53. The summed E-state index contributed by atoms with van der Waals surface area (Å²) >= 11 is 0. The fourth-order valence-electron chi connectivity index (χ4n) is 3.82. The molecule has 1 amide bonds. The van der Waals surface area contributed by atoms with E-state index in [1.54, 1.807) is 12.3 Å². The molecule has 0 aliphatic rings. The number of imidazole rings is 1. The molecule has 2 aromatic carbocycles. The van der Waals surface area contributed by atoms with Crippen molar-refractivity contribution in [1.29, 1.82) is 0 Å². The number of para-hydroxylation sites is 2. The summed E-state index contributed by atoms with van der Waals surface area (Å²) in [5.41, 5.74) is 6.48. The zero-order chi connectivity index (χ0) is 20.7. The second-order valence-corrected chi connectivity index (χ2v) is 7.53. The van der Waals surface area contributed by atoms with Gasteiger partial charge < -0.3 is 18.9 Å². The first kappa shape index (κ1) is 18.2. The van der Waals surface area contributed by atoms with Gasteiger partial charge in [-0.05, 0) is 24.6 Å². The number of rotatable bonds is 5. The van der Waals surface area contributed by atoms with Crippen molar-refractivity contribution in [3.63, 3.8) is 0 Å². The van der Waals surface area contributed by atoms with Gasteiger partial charge in [0.25, 0.3) is 5.91 Å². The van der Waals surface area contributed by atoms with Crippen LogP contribution in [0.1, 0.15) is 27.4 Å². The number of fused-ring (bicyclic) bond motifs is 2. The van der Waals surface area contributed by atoms with Gasteiger partial charge in [-0.2, -0.15) is 0 Å². The first-order chi connectivity index (χ1) is 14.6. The van der Waals surface area contributed by atoms with E-state index in [0.717, 1.165) is 27.9 Å². The van der Waals surface area contributed by atoms with Crippen LogP contribution in [0.15, 0.2) is 71.3 Å². The number of nitrogens with zero attached hydrogens (tertiary/aromatic N) is 3. The lowest BCUT2D eigenvalue weighted by Gasteiger charge is -2.11. The summed E-state index contributed by atoms with van der Waals surface area (Å²) in [5, 5.41) is 3.02. The van der Waals surface area contributed by atoms with Gasteiger partial charge in [-0.1, -0.05) is 42.0 Å². The Morgan fingerprint density at radius 1 is 1.07 bits per heavy atom. The molecule has 0 unspecified atom stereocenters. The Morgan fingerprint density at radius 3 is 2.67 bits per heavy atom. The summed E-state index contributed by atoms with van der Waals surface area (Å²) in [7, 11) is 1.96. The third-order valence-electron chi connectivity index (χ3n) is 5.50. The lowest BCUT2D eigenvalue weighted by molar-refractivity contribution is 0.0941. The van der Waals surface area contributed by atoms with E-state index in [4.69, 9.17) is 4.42 Å². The van der Waals surface area contributed by atoms with Crippen LogP contribution in [0, 0.1) is 6.92 Å². The molecule has 3 aromatic heterocycles. The molecule has 0 saturated carbocycles. The topological polar surface area (TPSA) is 65.0 Å². The number of carbonyl (C=O) groups excluding carboxylic acids is 1. The molecule has 5 aromatic rings. The quantitative estimate of drug-likeness (QED) is 0.477. The van der Waals surface area contributed by atoms with Crippen molar-refractivity contribution in [3.8, 4) is 0 Å². The molecule has 0 bridgehead atoms. The SMILES string of the molecule is Cc1ccc(Cn2c(C(=O)NCc3nc4ccccc4n3C)cc3occc32)cc1. The number of aromatic nitrogens is 3. The number of amides is 1. The average Bonchev–Trinajstić information content (AvgIpc) is 3.43. The first-order valence-corrected chi connectivity index (χ1v) is 9.91. The highest BCUT2D eigenvalue weighted by Gasteiger charge is 2.18. The molecular formula is C24H22N4O2. The first-order valence-electron chi connectivity index (χ1n) is 9.91. The smallest absolute Gasteiger partial charge is 0.268 e. The molecule has 5 rings (SSSR count). The number of furan rings is 1. The van der Waals surface area contributed by atoms with Crippen molar-refractivity contribution in [1.82, 2.24) is 19.4 Å². The highest BCUT2D eigenvalue weighted by molar-refractivity contribution is 5.97. The molecule has 6 heteroatoms. The van der Waals surface area contributed by atoms with Crippen LogP contribution < -0.4 is 5.32 Å². The minimum absolute atomic E-state index is 0.152. The van der Waals surface area contributed by atoms with Gasteiger partial charge in [0, 0.05) is 25.7 Å². The third kappa shape index (κ3) is 3.16. The van der Waals surface area contributed by atoms with E-state index in [-0.39, 0.29) is 5.91 Å². The number of carbonyl (C=O) groups is 1. The summed E-state index contributed by atoms with van der Waals surface area (Å²) in [5.74, 6) is 0.658. The lowest BCUT2D eigenvalue weighted by atomic mass is 10.1. The number of nitrogens with one attached hydrogen (secondary N) is 1. The number of hydrogen-bond acceptors (Lipinski definition) is 3. The minimum Gasteiger partial charge on any atom is -0.463 e. The van der Waals surface area contributed by atoms with Crippen molar-refractivity contribution in [2.24, 2.45) is 7.05 Å². The fraction of sp³-hybridized carbons (Fsp3) is 0.167. The molecule has 150 valence electrons. The molecule has 1 N–H and O–H groups in total. The van der Waals surface area contributed by atoms with E-state index in [9.17, 15) is 4.79 Å². The van der Waals surface area contributed by atoms with Crippen LogP contribution in [0.5, 0.6) is 0 Å². The highest BCUT2D eigenvalue weighted by Crippen LogP contribution is 2.23. The standard InChI is InChI=1S/C24H22N4O2/c1-16-7-9-17(10-8-16)15-28-20-11-12-30-22(20)13-21(28)24(29)25-14-23-26-18-5-3-4-6-19(18)27(23)2/h3-13H,14-15H2,1-2H3,(H,25,29). The molecule has 0 aliphatic heterocycles. The zero-order valence-corrected chi connectivity index (χ0v) is 16.9. The van der Waals surface area contributed by atoms with Gasteiger partial charge in [-0.15, -0.1) is 0 Å². The largest absolute Gasteiger partial charge is 0.463 e. The summed E-state index contributed by atoms with van der Waals surface area (Å²) in [6.07, 6.45) is 1.65. The molecule has 0 atom stereocenters. The Labute approximate surface area is 173 Å². The second kappa shape index (κ2) is 7.22. The molecule has 0 saturated heterocycles. The summed E-state index contributed by atoms with van der Waals surface area (Å²) < 4.78 is 9.55. The predicted molar refractivity (Wildman–Crippen MR) is 116 cm³/mol. The Bertz CT molecular complexity index is 1360. The molecule has 0 fully saturated rings. The molecular weight excluding hydrogens is 376 g/mol. The third-order valence-corrected chi connectivity index (χ3v) is 5.50. The van der Waals surface area contributed by atoms with Gasteiger partial charge in [0.2, 0.25) is 0 Å². The summed E-state index contributed by atoms with van der Waals surface area (Å²) in [6.45, 7) is 3.01. The van der Waals surface area contributed by atoms with Gasteiger partial charge in [0.1, 0.15) is 11.5 Å². The van der Waals surface area contributed by atoms with Crippen molar-refractivity contribution in [2.45, 2.75) is 20.0 Å². The molecule has 0 radical (unpaired) electrons. The van der Waals surface area contributed by atoms with Gasteiger partial charge in [0.05, 0.1) is 29.4 Å². The van der Waals surface area contributed by atoms with Crippen LogP contribution in [0.4, 0.5) is 0 Å². The maximum atomic E-state index is 13.1. The van der Waals surface area contributed by atoms with E-state index in [1.165, 1.54) is 5.56 Å². The van der Waals surface area contributed by atoms with Crippen molar-refractivity contribution < 1.29 is 9.21 Å².